The van der Waals surface area contributed by atoms with E-state index in [1.54, 1.807) is 7.11 Å². The van der Waals surface area contributed by atoms with E-state index >= 15 is 0 Å². The molecule has 0 spiro atoms. The maximum atomic E-state index is 11.6. The van der Waals surface area contributed by atoms with Gasteiger partial charge in [0.25, 0.3) is 0 Å². The Balaban J connectivity index is 2.03. The zero-order chi connectivity index (χ0) is 12.5. The van der Waals surface area contributed by atoms with Crippen LogP contribution in [0.1, 0.15) is 39.0 Å². The van der Waals surface area contributed by atoms with Gasteiger partial charge in [0.2, 0.25) is 5.91 Å². The molecule has 4 nitrogen and oxygen atoms in total. The molecule has 0 aliphatic carbocycles. The summed E-state index contributed by atoms with van der Waals surface area (Å²) in [6, 6.07) is 0.598. The molecule has 1 heterocycles. The molecule has 0 aromatic heterocycles. The summed E-state index contributed by atoms with van der Waals surface area (Å²) in [5.41, 5.74) is 0. The van der Waals surface area contributed by atoms with Crippen LogP contribution in [0.2, 0.25) is 0 Å². The van der Waals surface area contributed by atoms with Crippen molar-refractivity contribution < 1.29 is 9.53 Å². The van der Waals surface area contributed by atoms with E-state index in [2.05, 4.69) is 10.6 Å². The van der Waals surface area contributed by atoms with E-state index in [0.29, 0.717) is 25.0 Å². The minimum Gasteiger partial charge on any atom is -0.384 e. The molecule has 1 amide bonds. The summed E-state index contributed by atoms with van der Waals surface area (Å²) in [5, 5.41) is 6.47. The first-order chi connectivity index (χ1) is 8.22. The van der Waals surface area contributed by atoms with Gasteiger partial charge in [-0.25, -0.2) is 0 Å². The minimum atomic E-state index is 0.144. The van der Waals surface area contributed by atoms with Gasteiger partial charge >= 0.3 is 0 Å². The van der Waals surface area contributed by atoms with Gasteiger partial charge in [-0.2, -0.15) is 0 Å². The van der Waals surface area contributed by atoms with Gasteiger partial charge in [0.1, 0.15) is 0 Å². The summed E-state index contributed by atoms with van der Waals surface area (Å²) in [6.45, 7) is 4.60. The second-order valence-electron chi connectivity index (χ2n) is 5.05. The third-order valence-corrected chi connectivity index (χ3v) is 3.21. The third-order valence-electron chi connectivity index (χ3n) is 3.21. The SMILES string of the molecule is COCC(C)CC(=O)NCCC1CCCCN1. The van der Waals surface area contributed by atoms with Crippen LogP contribution in [0.25, 0.3) is 0 Å². The second kappa shape index (κ2) is 8.48. The summed E-state index contributed by atoms with van der Waals surface area (Å²) >= 11 is 0. The highest BCUT2D eigenvalue weighted by Gasteiger charge is 2.13. The normalized spacial score (nSPS) is 22.1. The lowest BCUT2D eigenvalue weighted by Gasteiger charge is -2.23. The number of piperidine rings is 1. The number of hydrogen-bond acceptors (Lipinski definition) is 3. The average molecular weight is 242 g/mol. The first-order valence-electron chi connectivity index (χ1n) is 6.71. The van der Waals surface area contributed by atoms with Crippen molar-refractivity contribution in [2.75, 3.05) is 26.8 Å². The monoisotopic (exact) mass is 242 g/mol. The van der Waals surface area contributed by atoms with Crippen LogP contribution in [0.15, 0.2) is 0 Å². The van der Waals surface area contributed by atoms with Gasteiger partial charge in [0.05, 0.1) is 0 Å². The fraction of sp³-hybridized carbons (Fsp3) is 0.923. The largest absolute Gasteiger partial charge is 0.384 e. The highest BCUT2D eigenvalue weighted by Crippen LogP contribution is 2.09. The van der Waals surface area contributed by atoms with Crippen molar-refractivity contribution >= 4 is 5.91 Å². The molecular weight excluding hydrogens is 216 g/mol. The van der Waals surface area contributed by atoms with E-state index in [-0.39, 0.29) is 5.91 Å². The number of carbonyl (C=O) groups is 1. The molecule has 0 bridgehead atoms. The molecule has 1 rings (SSSR count). The van der Waals surface area contributed by atoms with Crippen LogP contribution in [-0.2, 0) is 9.53 Å². The summed E-state index contributed by atoms with van der Waals surface area (Å²) < 4.78 is 5.01. The molecule has 0 saturated carbocycles. The lowest BCUT2D eigenvalue weighted by Crippen LogP contribution is -2.37. The van der Waals surface area contributed by atoms with Crippen LogP contribution in [0.5, 0.6) is 0 Å². The summed E-state index contributed by atoms with van der Waals surface area (Å²) in [6.07, 6.45) is 5.46. The summed E-state index contributed by atoms with van der Waals surface area (Å²) in [7, 11) is 1.67. The quantitative estimate of drug-likeness (QED) is 0.707. The van der Waals surface area contributed by atoms with Crippen LogP contribution in [-0.4, -0.2) is 38.8 Å². The van der Waals surface area contributed by atoms with Gasteiger partial charge in [-0.05, 0) is 31.7 Å². The van der Waals surface area contributed by atoms with E-state index in [4.69, 9.17) is 4.74 Å². The molecule has 0 radical (unpaired) electrons. The molecule has 2 unspecified atom stereocenters. The molecule has 1 aliphatic rings. The van der Waals surface area contributed by atoms with Crippen LogP contribution >= 0.6 is 0 Å². The van der Waals surface area contributed by atoms with E-state index in [1.807, 2.05) is 6.92 Å². The predicted molar refractivity (Wildman–Crippen MR) is 68.9 cm³/mol. The molecule has 1 fully saturated rings. The van der Waals surface area contributed by atoms with E-state index in [9.17, 15) is 4.79 Å². The van der Waals surface area contributed by atoms with Crippen molar-refractivity contribution in [1.82, 2.24) is 10.6 Å². The zero-order valence-corrected chi connectivity index (χ0v) is 11.1. The average Bonchev–Trinajstić information content (AvgIpc) is 2.30. The number of ether oxygens (including phenoxy) is 1. The Labute approximate surface area is 104 Å². The molecule has 17 heavy (non-hydrogen) atoms. The number of methoxy groups -OCH3 is 1. The van der Waals surface area contributed by atoms with Crippen LogP contribution in [0, 0.1) is 5.92 Å². The first-order valence-corrected chi connectivity index (χ1v) is 6.71. The van der Waals surface area contributed by atoms with Crippen molar-refractivity contribution in [3.05, 3.63) is 0 Å². The third kappa shape index (κ3) is 6.64. The lowest BCUT2D eigenvalue weighted by molar-refractivity contribution is -0.122. The highest BCUT2D eigenvalue weighted by molar-refractivity contribution is 5.76. The number of amides is 1. The Bertz CT molecular complexity index is 215. The Hall–Kier alpha value is -0.610. The van der Waals surface area contributed by atoms with Crippen molar-refractivity contribution in [3.8, 4) is 0 Å². The van der Waals surface area contributed by atoms with E-state index < -0.39 is 0 Å². The van der Waals surface area contributed by atoms with Crippen molar-refractivity contribution in [1.29, 1.82) is 0 Å². The second-order valence-corrected chi connectivity index (χ2v) is 5.05. The molecule has 0 aromatic carbocycles. The first kappa shape index (κ1) is 14.5. The standard InChI is InChI=1S/C13H26N2O2/c1-11(10-17-2)9-13(16)15-8-6-12-5-3-4-7-14-12/h11-12,14H,3-10H2,1-2H3,(H,15,16). The minimum absolute atomic E-state index is 0.144. The zero-order valence-electron chi connectivity index (χ0n) is 11.1. The van der Waals surface area contributed by atoms with Gasteiger partial charge in [-0.3, -0.25) is 4.79 Å². The number of rotatable bonds is 7. The molecule has 4 heteroatoms. The summed E-state index contributed by atoms with van der Waals surface area (Å²) in [5.74, 6) is 0.443. The van der Waals surface area contributed by atoms with Gasteiger partial charge in [0, 0.05) is 32.7 Å². The van der Waals surface area contributed by atoms with Crippen LogP contribution < -0.4 is 10.6 Å². The van der Waals surface area contributed by atoms with Gasteiger partial charge in [-0.1, -0.05) is 13.3 Å². The van der Waals surface area contributed by atoms with Crippen molar-refractivity contribution in [3.63, 3.8) is 0 Å². The molecule has 0 aromatic rings. The predicted octanol–water partition coefficient (Wildman–Crippen LogP) is 1.31. The fourth-order valence-corrected chi connectivity index (χ4v) is 2.29. The number of hydrogen-bond donors (Lipinski definition) is 2. The van der Waals surface area contributed by atoms with Crippen molar-refractivity contribution in [2.45, 2.75) is 45.1 Å². The van der Waals surface area contributed by atoms with Gasteiger partial charge < -0.3 is 15.4 Å². The Morgan fingerprint density at radius 2 is 2.35 bits per heavy atom. The maximum absolute atomic E-state index is 11.6. The molecule has 1 saturated heterocycles. The number of carbonyl (C=O) groups excluding carboxylic acids is 1. The number of nitrogens with one attached hydrogen (secondary N) is 2. The van der Waals surface area contributed by atoms with Crippen LogP contribution in [0.3, 0.4) is 0 Å². The topological polar surface area (TPSA) is 50.4 Å². The van der Waals surface area contributed by atoms with E-state index in [0.717, 1.165) is 19.5 Å². The highest BCUT2D eigenvalue weighted by atomic mass is 16.5. The Morgan fingerprint density at radius 3 is 3.00 bits per heavy atom. The molecular formula is C13H26N2O2. The van der Waals surface area contributed by atoms with Crippen LogP contribution in [0.4, 0.5) is 0 Å². The molecule has 2 atom stereocenters. The lowest BCUT2D eigenvalue weighted by atomic mass is 10.0. The molecule has 1 aliphatic heterocycles. The Kier molecular flexibility index (Phi) is 7.21. The Morgan fingerprint density at radius 1 is 1.53 bits per heavy atom. The van der Waals surface area contributed by atoms with Gasteiger partial charge in [0.15, 0.2) is 0 Å². The molecule has 2 N–H and O–H groups in total. The smallest absolute Gasteiger partial charge is 0.220 e. The molecule has 100 valence electrons. The van der Waals surface area contributed by atoms with Gasteiger partial charge in [-0.15, -0.1) is 0 Å². The fourth-order valence-electron chi connectivity index (χ4n) is 2.29. The maximum Gasteiger partial charge on any atom is 0.220 e. The van der Waals surface area contributed by atoms with E-state index in [1.165, 1.54) is 19.3 Å². The van der Waals surface area contributed by atoms with Crippen molar-refractivity contribution in [2.24, 2.45) is 5.92 Å². The summed E-state index contributed by atoms with van der Waals surface area (Å²) in [4.78, 5) is 11.6.